The monoisotopic (exact) mass is 381 g/mol. The predicted molar refractivity (Wildman–Crippen MR) is 119 cm³/mol. The smallest absolute Gasteiger partial charge is 0.173 e. The third-order valence-electron chi connectivity index (χ3n) is 5.53. The molecule has 144 valence electrons. The highest BCUT2D eigenvalue weighted by molar-refractivity contribution is 7.80. The molecule has 1 unspecified atom stereocenters. The number of hydrogen-bond acceptors (Lipinski definition) is 2. The van der Waals surface area contributed by atoms with Crippen molar-refractivity contribution < 1.29 is 0 Å². The van der Waals surface area contributed by atoms with Crippen molar-refractivity contribution in [2.75, 3.05) is 31.5 Å². The Bertz CT molecular complexity index is 731. The fourth-order valence-electron chi connectivity index (χ4n) is 3.39. The van der Waals surface area contributed by atoms with Gasteiger partial charge in [0.15, 0.2) is 5.11 Å². The Labute approximate surface area is 169 Å². The summed E-state index contributed by atoms with van der Waals surface area (Å²) in [5, 5.41) is 4.24. The average molecular weight is 382 g/mol. The standard InChI is InChI=1S/C23H31N3S/c1-4-19(3)21-9-11-22(12-10-21)24-23(27)26-15-13-25(14-16-26)17-20-7-5-18(2)6-8-20/h5-12,19H,4,13-17H2,1-3H3,(H,24,27). The van der Waals surface area contributed by atoms with Crippen molar-refractivity contribution in [3.63, 3.8) is 0 Å². The van der Waals surface area contributed by atoms with Crippen molar-refractivity contribution in [1.82, 2.24) is 9.80 Å². The molecule has 1 aliphatic heterocycles. The lowest BCUT2D eigenvalue weighted by Crippen LogP contribution is -2.49. The molecule has 2 aromatic carbocycles. The van der Waals surface area contributed by atoms with Gasteiger partial charge in [-0.05, 0) is 54.7 Å². The Kier molecular flexibility index (Phi) is 6.86. The Balaban J connectivity index is 1.47. The van der Waals surface area contributed by atoms with Crippen molar-refractivity contribution in [3.05, 3.63) is 65.2 Å². The molecular weight excluding hydrogens is 350 g/mol. The van der Waals surface area contributed by atoms with Crippen LogP contribution in [0.3, 0.4) is 0 Å². The summed E-state index contributed by atoms with van der Waals surface area (Å²) in [7, 11) is 0. The summed E-state index contributed by atoms with van der Waals surface area (Å²) in [5.41, 5.74) is 5.17. The van der Waals surface area contributed by atoms with E-state index in [0.717, 1.165) is 49.9 Å². The second kappa shape index (κ2) is 9.34. The Hall–Kier alpha value is -1.91. The minimum Gasteiger partial charge on any atom is -0.346 e. The fourth-order valence-corrected chi connectivity index (χ4v) is 3.69. The van der Waals surface area contributed by atoms with Crippen LogP contribution in [0.15, 0.2) is 48.5 Å². The molecule has 0 amide bonds. The summed E-state index contributed by atoms with van der Waals surface area (Å²) in [4.78, 5) is 4.79. The first-order valence-electron chi connectivity index (χ1n) is 9.99. The number of rotatable bonds is 5. The lowest BCUT2D eigenvalue weighted by molar-refractivity contribution is 0.177. The van der Waals surface area contributed by atoms with Crippen LogP contribution in [0.2, 0.25) is 0 Å². The Morgan fingerprint density at radius 1 is 1.00 bits per heavy atom. The normalized spacial score (nSPS) is 16.2. The number of piperazine rings is 1. The van der Waals surface area contributed by atoms with E-state index >= 15 is 0 Å². The minimum absolute atomic E-state index is 0.604. The van der Waals surface area contributed by atoms with Crippen LogP contribution in [0.4, 0.5) is 5.69 Å². The van der Waals surface area contributed by atoms with E-state index in [1.165, 1.54) is 16.7 Å². The van der Waals surface area contributed by atoms with Gasteiger partial charge in [-0.15, -0.1) is 0 Å². The zero-order valence-electron chi connectivity index (χ0n) is 16.7. The molecule has 3 nitrogen and oxygen atoms in total. The molecule has 1 N–H and O–H groups in total. The van der Waals surface area contributed by atoms with Gasteiger partial charge in [-0.25, -0.2) is 0 Å². The summed E-state index contributed by atoms with van der Waals surface area (Å²) in [6.07, 6.45) is 1.16. The van der Waals surface area contributed by atoms with Crippen molar-refractivity contribution >= 4 is 23.0 Å². The van der Waals surface area contributed by atoms with Gasteiger partial charge in [-0.1, -0.05) is 55.8 Å². The molecule has 0 saturated carbocycles. The maximum atomic E-state index is 5.64. The molecule has 1 fully saturated rings. The van der Waals surface area contributed by atoms with Crippen molar-refractivity contribution in [1.29, 1.82) is 0 Å². The van der Waals surface area contributed by atoms with E-state index in [1.54, 1.807) is 0 Å². The van der Waals surface area contributed by atoms with E-state index in [2.05, 4.69) is 84.4 Å². The summed E-state index contributed by atoms with van der Waals surface area (Å²) >= 11 is 5.64. The van der Waals surface area contributed by atoms with E-state index < -0.39 is 0 Å². The molecule has 3 rings (SSSR count). The van der Waals surface area contributed by atoms with Crippen LogP contribution in [0.25, 0.3) is 0 Å². The van der Waals surface area contributed by atoms with Gasteiger partial charge in [-0.2, -0.15) is 0 Å². The van der Waals surface area contributed by atoms with Gasteiger partial charge in [0, 0.05) is 38.4 Å². The van der Waals surface area contributed by atoms with Gasteiger partial charge in [0.2, 0.25) is 0 Å². The molecule has 1 aliphatic rings. The van der Waals surface area contributed by atoms with Gasteiger partial charge < -0.3 is 10.2 Å². The topological polar surface area (TPSA) is 18.5 Å². The van der Waals surface area contributed by atoms with Gasteiger partial charge in [0.25, 0.3) is 0 Å². The van der Waals surface area contributed by atoms with Gasteiger partial charge in [-0.3, -0.25) is 4.90 Å². The maximum Gasteiger partial charge on any atom is 0.173 e. The number of thiocarbonyl (C=S) groups is 1. The molecule has 27 heavy (non-hydrogen) atoms. The van der Waals surface area contributed by atoms with Crippen LogP contribution in [-0.2, 0) is 6.54 Å². The molecule has 0 aliphatic carbocycles. The SMILES string of the molecule is CCC(C)c1ccc(NC(=S)N2CCN(Cc3ccc(C)cc3)CC2)cc1. The second-order valence-electron chi connectivity index (χ2n) is 7.61. The van der Waals surface area contributed by atoms with E-state index in [1.807, 2.05) is 0 Å². The highest BCUT2D eigenvalue weighted by atomic mass is 32.1. The highest BCUT2D eigenvalue weighted by Crippen LogP contribution is 2.21. The molecule has 0 spiro atoms. The maximum absolute atomic E-state index is 5.64. The first kappa shape index (κ1) is 19.8. The van der Waals surface area contributed by atoms with E-state index in [4.69, 9.17) is 12.2 Å². The molecule has 2 aromatic rings. The first-order valence-corrected chi connectivity index (χ1v) is 10.4. The summed E-state index contributed by atoms with van der Waals surface area (Å²) in [5.74, 6) is 0.604. The van der Waals surface area contributed by atoms with E-state index in [9.17, 15) is 0 Å². The molecule has 0 aromatic heterocycles. The number of hydrogen-bond donors (Lipinski definition) is 1. The quantitative estimate of drug-likeness (QED) is 0.733. The largest absolute Gasteiger partial charge is 0.346 e. The Morgan fingerprint density at radius 2 is 1.63 bits per heavy atom. The summed E-state index contributed by atoms with van der Waals surface area (Å²) in [6, 6.07) is 17.5. The van der Waals surface area contributed by atoms with Crippen LogP contribution in [0, 0.1) is 6.92 Å². The van der Waals surface area contributed by atoms with E-state index in [0.29, 0.717) is 5.92 Å². The highest BCUT2D eigenvalue weighted by Gasteiger charge is 2.19. The molecule has 1 atom stereocenters. The molecular formula is C23H31N3S. The fraction of sp³-hybridized carbons (Fsp3) is 0.435. The van der Waals surface area contributed by atoms with Gasteiger partial charge in [0.05, 0.1) is 0 Å². The third-order valence-corrected chi connectivity index (χ3v) is 5.89. The third kappa shape index (κ3) is 5.53. The molecule has 0 radical (unpaired) electrons. The Morgan fingerprint density at radius 3 is 2.22 bits per heavy atom. The lowest BCUT2D eigenvalue weighted by atomic mass is 9.99. The lowest BCUT2D eigenvalue weighted by Gasteiger charge is -2.36. The van der Waals surface area contributed by atoms with Gasteiger partial charge in [0.1, 0.15) is 0 Å². The second-order valence-corrected chi connectivity index (χ2v) is 8.00. The number of nitrogens with one attached hydrogen (secondary N) is 1. The van der Waals surface area contributed by atoms with Crippen LogP contribution >= 0.6 is 12.2 Å². The molecule has 0 bridgehead atoms. The van der Waals surface area contributed by atoms with Crippen molar-refractivity contribution in [2.45, 2.75) is 39.7 Å². The number of benzene rings is 2. The number of anilines is 1. The van der Waals surface area contributed by atoms with Crippen LogP contribution < -0.4 is 5.32 Å². The van der Waals surface area contributed by atoms with Crippen molar-refractivity contribution in [3.8, 4) is 0 Å². The van der Waals surface area contributed by atoms with Crippen LogP contribution in [0.5, 0.6) is 0 Å². The van der Waals surface area contributed by atoms with Gasteiger partial charge >= 0.3 is 0 Å². The first-order chi connectivity index (χ1) is 13.0. The molecule has 1 heterocycles. The zero-order chi connectivity index (χ0) is 19.2. The van der Waals surface area contributed by atoms with Crippen LogP contribution in [-0.4, -0.2) is 41.1 Å². The summed E-state index contributed by atoms with van der Waals surface area (Å²) in [6.45, 7) is 11.7. The summed E-state index contributed by atoms with van der Waals surface area (Å²) < 4.78 is 0. The molecule has 1 saturated heterocycles. The van der Waals surface area contributed by atoms with Crippen molar-refractivity contribution in [2.24, 2.45) is 0 Å². The van der Waals surface area contributed by atoms with Crippen LogP contribution in [0.1, 0.15) is 42.9 Å². The number of nitrogens with zero attached hydrogens (tertiary/aromatic N) is 2. The predicted octanol–water partition coefficient (Wildman–Crippen LogP) is 5.02. The molecule has 4 heteroatoms. The number of aryl methyl sites for hydroxylation is 1. The minimum atomic E-state index is 0.604. The average Bonchev–Trinajstić information content (AvgIpc) is 2.70. The van der Waals surface area contributed by atoms with E-state index in [-0.39, 0.29) is 0 Å². The zero-order valence-corrected chi connectivity index (χ0v) is 17.6.